The van der Waals surface area contributed by atoms with Crippen molar-refractivity contribution in [3.8, 4) is 11.5 Å². The van der Waals surface area contributed by atoms with Gasteiger partial charge >= 0.3 is 12.1 Å². The summed E-state index contributed by atoms with van der Waals surface area (Å²) in [5.74, 6) is 0.937. The molecule has 1 unspecified atom stereocenters. The largest absolute Gasteiger partial charge is 0.514 e. The van der Waals surface area contributed by atoms with E-state index in [1.54, 1.807) is 32.9 Å². The number of hydrogen-bond acceptors (Lipinski definition) is 7. The van der Waals surface area contributed by atoms with Crippen molar-refractivity contribution in [2.75, 3.05) is 6.61 Å². The van der Waals surface area contributed by atoms with Crippen LogP contribution >= 0.6 is 0 Å². The van der Waals surface area contributed by atoms with E-state index in [1.807, 2.05) is 74.5 Å². The van der Waals surface area contributed by atoms with Crippen LogP contribution in [0.1, 0.15) is 77.8 Å². The molecule has 0 amide bonds. The van der Waals surface area contributed by atoms with Gasteiger partial charge in [-0.05, 0) is 95.7 Å². The van der Waals surface area contributed by atoms with Crippen LogP contribution in [0.15, 0.2) is 73.3 Å². The van der Waals surface area contributed by atoms with Crippen molar-refractivity contribution in [1.29, 1.82) is 0 Å². The van der Waals surface area contributed by atoms with Crippen molar-refractivity contribution in [3.63, 3.8) is 0 Å². The molecule has 0 spiro atoms. The quantitative estimate of drug-likeness (QED) is 0.0940. The normalized spacial score (nSPS) is 14.6. The third kappa shape index (κ3) is 14.9. The molecule has 1 saturated carbocycles. The Morgan fingerprint density at radius 3 is 1.93 bits per heavy atom. The lowest BCUT2D eigenvalue weighted by Gasteiger charge is -2.20. The van der Waals surface area contributed by atoms with Crippen molar-refractivity contribution in [1.82, 2.24) is 0 Å². The molecule has 41 heavy (non-hydrogen) atoms. The third-order valence-corrected chi connectivity index (χ3v) is 5.74. The van der Waals surface area contributed by atoms with Gasteiger partial charge in [-0.3, -0.25) is 0 Å². The molecule has 1 fully saturated rings. The first-order valence-corrected chi connectivity index (χ1v) is 14.1. The fraction of sp³-hybridized carbons (Fsp3) is 0.412. The van der Waals surface area contributed by atoms with E-state index in [2.05, 4.69) is 6.58 Å². The van der Waals surface area contributed by atoms with Crippen molar-refractivity contribution in [3.05, 3.63) is 84.5 Å². The number of esters is 1. The zero-order valence-corrected chi connectivity index (χ0v) is 25.0. The topological polar surface area (TPSA) is 80.3 Å². The Balaban J connectivity index is 0.000000446. The summed E-state index contributed by atoms with van der Waals surface area (Å²) in [7, 11) is 0. The molecule has 0 aliphatic heterocycles. The van der Waals surface area contributed by atoms with Crippen LogP contribution in [0.5, 0.6) is 11.5 Å². The van der Waals surface area contributed by atoms with Crippen molar-refractivity contribution < 1.29 is 33.3 Å². The van der Waals surface area contributed by atoms with Crippen LogP contribution in [-0.2, 0) is 19.0 Å². The van der Waals surface area contributed by atoms with E-state index in [-0.39, 0.29) is 18.4 Å². The average Bonchev–Trinajstić information content (AvgIpc) is 2.93. The molecule has 0 saturated heterocycles. The van der Waals surface area contributed by atoms with Crippen LogP contribution in [0.25, 0.3) is 12.2 Å². The van der Waals surface area contributed by atoms with Gasteiger partial charge in [-0.25, -0.2) is 9.59 Å². The summed E-state index contributed by atoms with van der Waals surface area (Å²) >= 11 is 0. The lowest BCUT2D eigenvalue weighted by molar-refractivity contribution is -0.144. The molecule has 1 aliphatic carbocycles. The highest BCUT2D eigenvalue weighted by Crippen LogP contribution is 2.20. The minimum atomic E-state index is -0.711. The van der Waals surface area contributed by atoms with Gasteiger partial charge in [0.1, 0.15) is 23.2 Å². The van der Waals surface area contributed by atoms with Crippen LogP contribution in [0.2, 0.25) is 0 Å². The molecule has 0 bridgehead atoms. The van der Waals surface area contributed by atoms with Gasteiger partial charge in [0.15, 0.2) is 6.29 Å². The summed E-state index contributed by atoms with van der Waals surface area (Å²) in [6.45, 7) is 13.2. The lowest BCUT2D eigenvalue weighted by Crippen LogP contribution is -2.25. The van der Waals surface area contributed by atoms with E-state index < -0.39 is 11.8 Å². The van der Waals surface area contributed by atoms with Crippen LogP contribution in [-0.4, -0.2) is 36.7 Å². The molecule has 0 N–H and O–H groups in total. The molecule has 1 atom stereocenters. The van der Waals surface area contributed by atoms with Crippen LogP contribution in [0, 0.1) is 0 Å². The highest BCUT2D eigenvalue weighted by atomic mass is 16.7. The maximum Gasteiger partial charge on any atom is 0.514 e. The van der Waals surface area contributed by atoms with Crippen molar-refractivity contribution >= 4 is 24.3 Å². The molecular weight excluding hydrogens is 520 g/mol. The van der Waals surface area contributed by atoms with E-state index in [0.717, 1.165) is 29.7 Å². The minimum Gasteiger partial charge on any atom is -0.465 e. The van der Waals surface area contributed by atoms with Gasteiger partial charge in [-0.2, -0.15) is 0 Å². The Morgan fingerprint density at radius 2 is 1.44 bits per heavy atom. The SMILES string of the molecule is C=CC(=O)OC1CCCCC1.CCOC(C)Oc1ccc(C=CC=Cc2ccc(OC(=O)OC(C)(C)C)cc2)cc1. The summed E-state index contributed by atoms with van der Waals surface area (Å²) in [6.07, 6.45) is 14.0. The standard InChI is InChI=1S/C25H30O5.C9H14O2/c1-6-27-19(2)28-22-15-11-20(12-16-22)9-7-8-10-21-13-17-23(18-14-21)29-24(26)30-25(3,4)5;1-2-9(10)11-8-6-4-3-5-7-8/h7-19H,6H2,1-5H3;2,8H,1,3-7H2. The first-order chi connectivity index (χ1) is 19.6. The fourth-order valence-electron chi connectivity index (χ4n) is 3.86. The average molecular weight is 565 g/mol. The Kier molecular flexibility index (Phi) is 14.5. The number of hydrogen-bond donors (Lipinski definition) is 0. The second kappa shape index (κ2) is 17.8. The van der Waals surface area contributed by atoms with Gasteiger partial charge in [-0.15, -0.1) is 0 Å². The maximum atomic E-state index is 11.7. The van der Waals surface area contributed by atoms with Crippen LogP contribution in [0.3, 0.4) is 0 Å². The smallest absolute Gasteiger partial charge is 0.465 e. The number of allylic oxidation sites excluding steroid dienone is 2. The molecule has 7 nitrogen and oxygen atoms in total. The Hall–Kier alpha value is -3.84. The van der Waals surface area contributed by atoms with E-state index in [1.165, 1.54) is 25.3 Å². The zero-order chi connectivity index (χ0) is 30.1. The van der Waals surface area contributed by atoms with E-state index in [4.69, 9.17) is 23.7 Å². The predicted octanol–water partition coefficient (Wildman–Crippen LogP) is 8.54. The Labute approximate surface area is 244 Å². The molecule has 0 radical (unpaired) electrons. The summed E-state index contributed by atoms with van der Waals surface area (Å²) in [6, 6.07) is 15.0. The number of rotatable bonds is 10. The molecule has 1 aliphatic rings. The molecule has 2 aromatic carbocycles. The van der Waals surface area contributed by atoms with Crippen molar-refractivity contribution in [2.45, 2.75) is 84.7 Å². The number of benzene rings is 2. The van der Waals surface area contributed by atoms with Crippen LogP contribution in [0.4, 0.5) is 4.79 Å². The third-order valence-electron chi connectivity index (χ3n) is 5.74. The minimum absolute atomic E-state index is 0.161. The maximum absolute atomic E-state index is 11.7. The predicted molar refractivity (Wildman–Crippen MR) is 163 cm³/mol. The molecular formula is C34H44O7. The number of ether oxygens (including phenoxy) is 5. The van der Waals surface area contributed by atoms with Gasteiger partial charge < -0.3 is 23.7 Å². The fourth-order valence-corrected chi connectivity index (χ4v) is 3.86. The molecule has 0 aromatic heterocycles. The monoisotopic (exact) mass is 564 g/mol. The van der Waals surface area contributed by atoms with Gasteiger partial charge in [0.25, 0.3) is 0 Å². The Morgan fingerprint density at radius 1 is 0.902 bits per heavy atom. The first kappa shape index (κ1) is 33.4. The van der Waals surface area contributed by atoms with Gasteiger partial charge in [0.05, 0.1) is 0 Å². The first-order valence-electron chi connectivity index (χ1n) is 14.1. The van der Waals surface area contributed by atoms with Gasteiger partial charge in [0, 0.05) is 12.7 Å². The molecule has 3 rings (SSSR count). The molecule has 0 heterocycles. The summed E-state index contributed by atoms with van der Waals surface area (Å²) in [4.78, 5) is 22.4. The second-order valence-electron chi connectivity index (χ2n) is 10.5. The van der Waals surface area contributed by atoms with Gasteiger partial charge in [0.2, 0.25) is 0 Å². The Bertz CT molecular complexity index is 1120. The van der Waals surface area contributed by atoms with Gasteiger partial charge in [-0.1, -0.05) is 61.6 Å². The highest BCUT2D eigenvalue weighted by Gasteiger charge is 2.18. The van der Waals surface area contributed by atoms with E-state index in [0.29, 0.717) is 12.4 Å². The van der Waals surface area contributed by atoms with E-state index >= 15 is 0 Å². The number of carbonyl (C=O) groups excluding carboxylic acids is 2. The highest BCUT2D eigenvalue weighted by molar-refractivity contribution is 5.81. The molecule has 7 heteroatoms. The van der Waals surface area contributed by atoms with E-state index in [9.17, 15) is 9.59 Å². The zero-order valence-electron chi connectivity index (χ0n) is 25.0. The summed E-state index contributed by atoms with van der Waals surface area (Å²) < 4.78 is 26.4. The lowest BCUT2D eigenvalue weighted by atomic mass is 9.98. The van der Waals surface area contributed by atoms with Crippen LogP contribution < -0.4 is 9.47 Å². The summed E-state index contributed by atoms with van der Waals surface area (Å²) in [5.41, 5.74) is 1.48. The van der Waals surface area contributed by atoms with Crippen molar-refractivity contribution in [2.24, 2.45) is 0 Å². The molecule has 2 aromatic rings. The number of carbonyl (C=O) groups is 2. The molecule has 222 valence electrons. The summed E-state index contributed by atoms with van der Waals surface area (Å²) in [5, 5.41) is 0. The second-order valence-corrected chi connectivity index (χ2v) is 10.5.